The van der Waals surface area contributed by atoms with Gasteiger partial charge in [0.15, 0.2) is 0 Å². The molecule has 0 radical (unpaired) electrons. The van der Waals surface area contributed by atoms with E-state index in [1.54, 1.807) is 0 Å². The molecular weight excluding hydrogens is 256 g/mol. The standard InChI is InChI=1S/C15H22N2O3/c1-19-15(18)8-14-11-17(6-7-20-14)10-13-4-2-12(9-16)3-5-13/h2-5,14H,6-11,16H2,1H3. The summed E-state index contributed by atoms with van der Waals surface area (Å²) in [4.78, 5) is 13.6. The Kier molecular flexibility index (Phi) is 5.52. The van der Waals surface area contributed by atoms with Gasteiger partial charge >= 0.3 is 5.97 Å². The van der Waals surface area contributed by atoms with Crippen LogP contribution in [-0.2, 0) is 27.4 Å². The highest BCUT2D eigenvalue weighted by atomic mass is 16.5. The molecule has 20 heavy (non-hydrogen) atoms. The maximum absolute atomic E-state index is 11.3. The summed E-state index contributed by atoms with van der Waals surface area (Å²) in [6.07, 6.45) is 0.249. The fraction of sp³-hybridized carbons (Fsp3) is 0.533. The Morgan fingerprint density at radius 3 is 2.75 bits per heavy atom. The molecule has 2 N–H and O–H groups in total. The first-order valence-corrected chi connectivity index (χ1v) is 6.90. The topological polar surface area (TPSA) is 64.8 Å². The predicted octanol–water partition coefficient (Wildman–Crippen LogP) is 0.909. The van der Waals surface area contributed by atoms with E-state index in [0.29, 0.717) is 19.6 Å². The Balaban J connectivity index is 1.87. The molecule has 2 rings (SSSR count). The van der Waals surface area contributed by atoms with E-state index in [0.717, 1.165) is 25.2 Å². The number of carbonyl (C=O) groups is 1. The maximum Gasteiger partial charge on any atom is 0.308 e. The van der Waals surface area contributed by atoms with Crippen molar-refractivity contribution in [1.82, 2.24) is 4.90 Å². The Morgan fingerprint density at radius 2 is 2.10 bits per heavy atom. The third-order valence-corrected chi connectivity index (χ3v) is 3.51. The zero-order valence-corrected chi connectivity index (χ0v) is 11.9. The average Bonchev–Trinajstić information content (AvgIpc) is 2.48. The van der Waals surface area contributed by atoms with Crippen molar-refractivity contribution in [3.63, 3.8) is 0 Å². The van der Waals surface area contributed by atoms with E-state index in [1.807, 2.05) is 0 Å². The Bertz CT molecular complexity index is 433. The fourth-order valence-electron chi connectivity index (χ4n) is 2.36. The highest BCUT2D eigenvalue weighted by molar-refractivity contribution is 5.69. The summed E-state index contributed by atoms with van der Waals surface area (Å²) in [5, 5.41) is 0. The highest BCUT2D eigenvalue weighted by Crippen LogP contribution is 2.13. The minimum atomic E-state index is -0.218. The molecule has 1 aromatic carbocycles. The van der Waals surface area contributed by atoms with Crippen LogP contribution in [0, 0.1) is 0 Å². The normalized spacial score (nSPS) is 19.8. The van der Waals surface area contributed by atoms with Gasteiger partial charge in [-0.15, -0.1) is 0 Å². The molecule has 1 unspecified atom stereocenters. The smallest absolute Gasteiger partial charge is 0.308 e. The monoisotopic (exact) mass is 278 g/mol. The fourth-order valence-corrected chi connectivity index (χ4v) is 2.36. The van der Waals surface area contributed by atoms with Gasteiger partial charge in [-0.1, -0.05) is 24.3 Å². The summed E-state index contributed by atoms with van der Waals surface area (Å²) >= 11 is 0. The molecule has 1 atom stereocenters. The Labute approximate surface area is 119 Å². The van der Waals surface area contributed by atoms with Crippen LogP contribution in [0.25, 0.3) is 0 Å². The highest BCUT2D eigenvalue weighted by Gasteiger charge is 2.23. The zero-order chi connectivity index (χ0) is 14.4. The molecular formula is C15H22N2O3. The van der Waals surface area contributed by atoms with Crippen LogP contribution in [0.2, 0.25) is 0 Å². The van der Waals surface area contributed by atoms with Gasteiger partial charge in [-0.3, -0.25) is 9.69 Å². The van der Waals surface area contributed by atoms with Crippen LogP contribution in [0.4, 0.5) is 0 Å². The van der Waals surface area contributed by atoms with Crippen molar-refractivity contribution in [1.29, 1.82) is 0 Å². The molecule has 5 nitrogen and oxygen atoms in total. The second kappa shape index (κ2) is 7.38. The molecule has 1 aliphatic heterocycles. The van der Waals surface area contributed by atoms with Crippen LogP contribution in [0.1, 0.15) is 17.5 Å². The van der Waals surface area contributed by atoms with Crippen molar-refractivity contribution in [3.8, 4) is 0 Å². The first-order valence-electron chi connectivity index (χ1n) is 6.90. The van der Waals surface area contributed by atoms with Crippen molar-refractivity contribution in [3.05, 3.63) is 35.4 Å². The average molecular weight is 278 g/mol. The van der Waals surface area contributed by atoms with Crippen LogP contribution < -0.4 is 5.73 Å². The lowest BCUT2D eigenvalue weighted by Crippen LogP contribution is -2.42. The number of morpholine rings is 1. The SMILES string of the molecule is COC(=O)CC1CN(Cc2ccc(CN)cc2)CCO1. The number of hydrogen-bond donors (Lipinski definition) is 1. The van der Waals surface area contributed by atoms with Crippen LogP contribution in [0.5, 0.6) is 0 Å². The number of esters is 1. The van der Waals surface area contributed by atoms with Gasteiger partial charge in [0.25, 0.3) is 0 Å². The van der Waals surface area contributed by atoms with Crippen LogP contribution in [-0.4, -0.2) is 43.8 Å². The van der Waals surface area contributed by atoms with E-state index in [9.17, 15) is 4.79 Å². The van der Waals surface area contributed by atoms with Gasteiger partial charge in [0.2, 0.25) is 0 Å². The number of nitrogens with two attached hydrogens (primary N) is 1. The molecule has 110 valence electrons. The van der Waals surface area contributed by atoms with Crippen LogP contribution in [0.15, 0.2) is 24.3 Å². The minimum Gasteiger partial charge on any atom is -0.469 e. The number of carbonyl (C=O) groups excluding carboxylic acids is 1. The quantitative estimate of drug-likeness (QED) is 0.811. The lowest BCUT2D eigenvalue weighted by molar-refractivity contribution is -0.145. The van der Waals surface area contributed by atoms with Gasteiger partial charge < -0.3 is 15.2 Å². The van der Waals surface area contributed by atoms with Crippen molar-refractivity contribution in [2.45, 2.75) is 25.6 Å². The van der Waals surface area contributed by atoms with Crippen LogP contribution in [0.3, 0.4) is 0 Å². The van der Waals surface area contributed by atoms with E-state index in [2.05, 4.69) is 33.9 Å². The summed E-state index contributed by atoms with van der Waals surface area (Å²) in [6.45, 7) is 3.73. The van der Waals surface area contributed by atoms with E-state index in [-0.39, 0.29) is 12.1 Å². The predicted molar refractivity (Wildman–Crippen MR) is 76.0 cm³/mol. The van der Waals surface area contributed by atoms with E-state index in [1.165, 1.54) is 12.7 Å². The number of methoxy groups -OCH3 is 1. The lowest BCUT2D eigenvalue weighted by atomic mass is 10.1. The molecule has 1 fully saturated rings. The van der Waals surface area contributed by atoms with Gasteiger partial charge in [-0.2, -0.15) is 0 Å². The number of hydrogen-bond acceptors (Lipinski definition) is 5. The summed E-state index contributed by atoms with van der Waals surface area (Å²) < 4.78 is 10.3. The molecule has 0 spiro atoms. The van der Waals surface area contributed by atoms with Gasteiger partial charge in [-0.05, 0) is 11.1 Å². The van der Waals surface area contributed by atoms with Crippen molar-refractivity contribution in [2.75, 3.05) is 26.8 Å². The number of ether oxygens (including phenoxy) is 2. The second-order valence-corrected chi connectivity index (χ2v) is 5.03. The summed E-state index contributed by atoms with van der Waals surface area (Å²) in [6, 6.07) is 8.32. The second-order valence-electron chi connectivity index (χ2n) is 5.03. The first-order chi connectivity index (χ1) is 9.71. The largest absolute Gasteiger partial charge is 0.469 e. The molecule has 1 saturated heterocycles. The Morgan fingerprint density at radius 1 is 1.40 bits per heavy atom. The molecule has 0 bridgehead atoms. The molecule has 0 aromatic heterocycles. The molecule has 1 heterocycles. The van der Waals surface area contributed by atoms with Crippen molar-refractivity contribution >= 4 is 5.97 Å². The van der Waals surface area contributed by atoms with Gasteiger partial charge in [0, 0.05) is 26.2 Å². The van der Waals surface area contributed by atoms with Crippen molar-refractivity contribution < 1.29 is 14.3 Å². The Hall–Kier alpha value is -1.43. The van der Waals surface area contributed by atoms with Gasteiger partial charge in [-0.25, -0.2) is 0 Å². The van der Waals surface area contributed by atoms with Gasteiger partial charge in [0.05, 0.1) is 26.2 Å². The van der Waals surface area contributed by atoms with E-state index in [4.69, 9.17) is 10.5 Å². The summed E-state index contributed by atoms with van der Waals surface area (Å²) in [7, 11) is 1.40. The molecule has 1 aliphatic rings. The molecule has 5 heteroatoms. The van der Waals surface area contributed by atoms with Crippen molar-refractivity contribution in [2.24, 2.45) is 5.73 Å². The first kappa shape index (κ1) is 15.0. The molecule has 0 amide bonds. The number of rotatable bonds is 5. The van der Waals surface area contributed by atoms with E-state index < -0.39 is 0 Å². The molecule has 0 saturated carbocycles. The number of nitrogens with zero attached hydrogens (tertiary/aromatic N) is 1. The zero-order valence-electron chi connectivity index (χ0n) is 11.9. The van der Waals surface area contributed by atoms with E-state index >= 15 is 0 Å². The third kappa shape index (κ3) is 4.30. The van der Waals surface area contributed by atoms with Crippen LogP contribution >= 0.6 is 0 Å². The molecule has 1 aromatic rings. The summed E-state index contributed by atoms with van der Waals surface area (Å²) in [5.41, 5.74) is 7.98. The lowest BCUT2D eigenvalue weighted by Gasteiger charge is -2.32. The third-order valence-electron chi connectivity index (χ3n) is 3.51. The van der Waals surface area contributed by atoms with Gasteiger partial charge in [0.1, 0.15) is 0 Å². The maximum atomic E-state index is 11.3. The number of benzene rings is 1. The summed E-state index contributed by atoms with van der Waals surface area (Å²) in [5.74, 6) is -0.218. The molecule has 0 aliphatic carbocycles. The minimum absolute atomic E-state index is 0.0699.